The highest BCUT2D eigenvalue weighted by Crippen LogP contribution is 2.32. The van der Waals surface area contributed by atoms with Gasteiger partial charge >= 0.3 is 0 Å². The summed E-state index contributed by atoms with van der Waals surface area (Å²) in [6.07, 6.45) is 0.264. The largest absolute Gasteiger partial charge is 0.373 e. The Morgan fingerprint density at radius 3 is 2.57 bits per heavy atom. The molecule has 0 radical (unpaired) electrons. The van der Waals surface area contributed by atoms with Crippen LogP contribution in [-0.2, 0) is 9.53 Å². The molecule has 0 aliphatic carbocycles. The molecule has 6 heteroatoms. The predicted molar refractivity (Wildman–Crippen MR) is 86.3 cm³/mol. The van der Waals surface area contributed by atoms with Crippen LogP contribution in [0.3, 0.4) is 0 Å². The molecule has 1 fully saturated rings. The van der Waals surface area contributed by atoms with E-state index in [1.807, 2.05) is 26.8 Å². The lowest BCUT2D eigenvalue weighted by atomic mass is 10.2. The van der Waals surface area contributed by atoms with Crippen molar-refractivity contribution in [3.63, 3.8) is 0 Å². The van der Waals surface area contributed by atoms with Crippen LogP contribution in [0.5, 0.6) is 0 Å². The van der Waals surface area contributed by atoms with Gasteiger partial charge in [0.2, 0.25) is 5.91 Å². The topological polar surface area (TPSA) is 41.6 Å². The first-order valence-electron chi connectivity index (χ1n) is 6.99. The number of rotatable bonds is 3. The molecule has 2 unspecified atom stereocenters. The molecule has 0 bridgehead atoms. The van der Waals surface area contributed by atoms with Gasteiger partial charge in [0.05, 0.1) is 34.5 Å². The van der Waals surface area contributed by atoms with E-state index in [9.17, 15) is 4.79 Å². The zero-order valence-corrected chi connectivity index (χ0v) is 14.0. The van der Waals surface area contributed by atoms with Crippen LogP contribution in [0.2, 0.25) is 10.0 Å². The lowest BCUT2D eigenvalue weighted by Crippen LogP contribution is -2.48. The highest BCUT2D eigenvalue weighted by atomic mass is 35.5. The van der Waals surface area contributed by atoms with Crippen LogP contribution in [0, 0.1) is 6.92 Å². The van der Waals surface area contributed by atoms with Gasteiger partial charge in [0.25, 0.3) is 0 Å². The Morgan fingerprint density at radius 1 is 1.33 bits per heavy atom. The van der Waals surface area contributed by atoms with E-state index in [0.717, 1.165) is 18.7 Å². The lowest BCUT2D eigenvalue weighted by molar-refractivity contribution is -0.121. The molecule has 0 spiro atoms. The van der Waals surface area contributed by atoms with Crippen LogP contribution in [-0.4, -0.2) is 42.6 Å². The van der Waals surface area contributed by atoms with Crippen LogP contribution in [0.4, 0.5) is 5.69 Å². The molecule has 1 aromatic rings. The van der Waals surface area contributed by atoms with Gasteiger partial charge < -0.3 is 10.1 Å². The molecule has 116 valence electrons. The summed E-state index contributed by atoms with van der Waals surface area (Å²) in [5, 5.41) is 3.74. The number of nitrogens with one attached hydrogen (secondary N) is 1. The molecule has 1 aliphatic heterocycles. The molecule has 2 atom stereocenters. The standard InChI is InChI=1S/C15H20Cl2N2O2/c1-9-4-5-12(16)15(14(9)17)18-13(20)8-19-6-10(2)21-11(3)7-19/h4-5,10-11H,6-8H2,1-3H3,(H,18,20). The monoisotopic (exact) mass is 330 g/mol. The van der Waals surface area contributed by atoms with Crippen molar-refractivity contribution < 1.29 is 9.53 Å². The second kappa shape index (κ2) is 6.97. The summed E-state index contributed by atoms with van der Waals surface area (Å²) in [4.78, 5) is 14.3. The number of aryl methyl sites for hydroxylation is 1. The fourth-order valence-corrected chi connectivity index (χ4v) is 3.03. The smallest absolute Gasteiger partial charge is 0.238 e. The Bertz CT molecular complexity index is 527. The summed E-state index contributed by atoms with van der Waals surface area (Å²) in [6, 6.07) is 3.56. The van der Waals surface area contributed by atoms with Gasteiger partial charge in [-0.2, -0.15) is 0 Å². The van der Waals surface area contributed by atoms with E-state index in [2.05, 4.69) is 10.2 Å². The maximum Gasteiger partial charge on any atom is 0.238 e. The van der Waals surface area contributed by atoms with Gasteiger partial charge in [-0.05, 0) is 32.4 Å². The summed E-state index contributed by atoms with van der Waals surface area (Å²) >= 11 is 12.3. The number of hydrogen-bond donors (Lipinski definition) is 1. The van der Waals surface area contributed by atoms with E-state index < -0.39 is 0 Å². The third-order valence-electron chi connectivity index (χ3n) is 3.41. The third-order valence-corrected chi connectivity index (χ3v) is 4.21. The molecule has 4 nitrogen and oxygen atoms in total. The molecule has 0 saturated carbocycles. The van der Waals surface area contributed by atoms with E-state index in [4.69, 9.17) is 27.9 Å². The minimum absolute atomic E-state index is 0.120. The van der Waals surface area contributed by atoms with Crippen LogP contribution in [0.15, 0.2) is 12.1 Å². The normalized spacial score (nSPS) is 23.1. The number of anilines is 1. The number of amides is 1. The zero-order valence-electron chi connectivity index (χ0n) is 12.5. The Hall–Kier alpha value is -0.810. The van der Waals surface area contributed by atoms with Gasteiger partial charge in [-0.1, -0.05) is 29.3 Å². The lowest BCUT2D eigenvalue weighted by Gasteiger charge is -2.34. The highest BCUT2D eigenvalue weighted by molar-refractivity contribution is 6.40. The van der Waals surface area contributed by atoms with Crippen molar-refractivity contribution >= 4 is 34.8 Å². The van der Waals surface area contributed by atoms with E-state index in [1.165, 1.54) is 0 Å². The van der Waals surface area contributed by atoms with Crippen LogP contribution in [0.1, 0.15) is 19.4 Å². The number of hydrogen-bond acceptors (Lipinski definition) is 3. The molecule has 1 aliphatic rings. The maximum atomic E-state index is 12.2. The quantitative estimate of drug-likeness (QED) is 0.924. The number of carbonyl (C=O) groups is 1. The maximum absolute atomic E-state index is 12.2. The van der Waals surface area contributed by atoms with Crippen molar-refractivity contribution in [1.82, 2.24) is 4.90 Å². The predicted octanol–water partition coefficient (Wildman–Crippen LogP) is 3.35. The zero-order chi connectivity index (χ0) is 15.6. The molecule has 1 amide bonds. The Kier molecular flexibility index (Phi) is 5.49. The first-order valence-corrected chi connectivity index (χ1v) is 7.74. The molecule has 1 saturated heterocycles. The van der Waals surface area contributed by atoms with Gasteiger partial charge in [-0.3, -0.25) is 9.69 Å². The third kappa shape index (κ3) is 4.33. The number of halogens is 2. The molecule has 0 aromatic heterocycles. The second-order valence-corrected chi connectivity index (χ2v) is 6.34. The van der Waals surface area contributed by atoms with Crippen molar-refractivity contribution in [2.45, 2.75) is 33.0 Å². The Balaban J connectivity index is 2.01. The minimum atomic E-state index is -0.120. The number of carbonyl (C=O) groups excluding carboxylic acids is 1. The fourth-order valence-electron chi connectivity index (χ4n) is 2.57. The van der Waals surface area contributed by atoms with Crippen LogP contribution >= 0.6 is 23.2 Å². The van der Waals surface area contributed by atoms with Crippen molar-refractivity contribution in [3.8, 4) is 0 Å². The van der Waals surface area contributed by atoms with Crippen molar-refractivity contribution in [2.24, 2.45) is 0 Å². The van der Waals surface area contributed by atoms with Crippen LogP contribution in [0.25, 0.3) is 0 Å². The summed E-state index contributed by atoms with van der Waals surface area (Å²) in [6.45, 7) is 7.68. The molecular weight excluding hydrogens is 311 g/mol. The summed E-state index contributed by atoms with van der Waals surface area (Å²) in [7, 11) is 0. The van der Waals surface area contributed by atoms with Gasteiger partial charge in [-0.25, -0.2) is 0 Å². The van der Waals surface area contributed by atoms with Crippen LogP contribution < -0.4 is 5.32 Å². The van der Waals surface area contributed by atoms with E-state index in [0.29, 0.717) is 22.3 Å². The number of ether oxygens (including phenoxy) is 1. The minimum Gasteiger partial charge on any atom is -0.373 e. The van der Waals surface area contributed by atoms with Gasteiger partial charge in [0, 0.05) is 13.1 Å². The van der Waals surface area contributed by atoms with Gasteiger partial charge in [-0.15, -0.1) is 0 Å². The molecule has 21 heavy (non-hydrogen) atoms. The van der Waals surface area contributed by atoms with Crippen molar-refractivity contribution in [1.29, 1.82) is 0 Å². The van der Waals surface area contributed by atoms with Crippen molar-refractivity contribution in [2.75, 3.05) is 25.0 Å². The fraction of sp³-hybridized carbons (Fsp3) is 0.533. The average Bonchev–Trinajstić information content (AvgIpc) is 2.38. The number of nitrogens with zero attached hydrogens (tertiary/aromatic N) is 1. The van der Waals surface area contributed by atoms with Gasteiger partial charge in [0.15, 0.2) is 0 Å². The molecule has 1 heterocycles. The first-order chi connectivity index (χ1) is 9.86. The number of morpholine rings is 1. The highest BCUT2D eigenvalue weighted by Gasteiger charge is 2.24. The first kappa shape index (κ1) is 16.6. The second-order valence-electron chi connectivity index (χ2n) is 5.55. The molecule has 1 aromatic carbocycles. The Morgan fingerprint density at radius 2 is 1.95 bits per heavy atom. The summed E-state index contributed by atoms with van der Waals surface area (Å²) in [5.41, 5.74) is 1.36. The van der Waals surface area contributed by atoms with E-state index in [-0.39, 0.29) is 18.1 Å². The summed E-state index contributed by atoms with van der Waals surface area (Å²) in [5.74, 6) is -0.120. The van der Waals surface area contributed by atoms with Gasteiger partial charge in [0.1, 0.15) is 0 Å². The van der Waals surface area contributed by atoms with Crippen molar-refractivity contribution in [3.05, 3.63) is 27.7 Å². The molecule has 1 N–H and O–H groups in total. The molecule has 2 rings (SSSR count). The Labute approximate surface area is 135 Å². The van der Waals surface area contributed by atoms with E-state index in [1.54, 1.807) is 6.07 Å². The average molecular weight is 331 g/mol. The van der Waals surface area contributed by atoms with E-state index >= 15 is 0 Å². The molecular formula is C15H20Cl2N2O2. The number of benzene rings is 1. The SMILES string of the molecule is Cc1ccc(Cl)c(NC(=O)CN2CC(C)OC(C)C2)c1Cl. The summed E-state index contributed by atoms with van der Waals surface area (Å²) < 4.78 is 5.65.